The Labute approximate surface area is 368 Å². The van der Waals surface area contributed by atoms with Crippen molar-refractivity contribution in [3.8, 4) is 0 Å². The van der Waals surface area contributed by atoms with Crippen molar-refractivity contribution in [3.05, 3.63) is 69.3 Å². The molecule has 2 aromatic carbocycles. The molecule has 1 saturated carbocycles. The standard InChI is InChI=1S/C46H64IN3O10/c1-7-9-16-24-45(25-17-10-8-2)58-37-35-27-46(39(42(54)56-35)50(60-40(46)38(37)59-45)28-31-20-14-15-21-33(31)47)43(55)49(6)34(26-30-18-12-11-13-19-30)41(53)48-32(29-51)22-23-36(52)57-44(3,4)5/h11-15,18-21,32,34-35,37-40,51H,7-10,16-17,22-29H2,1-6H3,(H,48,53). The van der Waals surface area contributed by atoms with Crippen molar-refractivity contribution < 1.29 is 48.1 Å². The molecule has 3 aliphatic heterocycles. The van der Waals surface area contributed by atoms with Gasteiger partial charge in [-0.05, 0) is 79.8 Å². The lowest BCUT2D eigenvalue weighted by molar-refractivity contribution is -0.225. The van der Waals surface area contributed by atoms with Crippen LogP contribution in [0.25, 0.3) is 0 Å². The number of carbonyl (C=O) groups excluding carboxylic acids is 4. The third-order valence-electron chi connectivity index (χ3n) is 12.3. The Kier molecular flexibility index (Phi) is 15.4. The number of esters is 2. The third-order valence-corrected chi connectivity index (χ3v) is 13.4. The molecule has 4 fully saturated rings. The van der Waals surface area contributed by atoms with Crippen molar-refractivity contribution >= 4 is 46.3 Å². The number of ether oxygens (including phenoxy) is 4. The van der Waals surface area contributed by atoms with E-state index in [-0.39, 0.29) is 32.2 Å². The lowest BCUT2D eigenvalue weighted by Crippen LogP contribution is -2.70. The Morgan fingerprint density at radius 3 is 2.27 bits per heavy atom. The highest BCUT2D eigenvalue weighted by molar-refractivity contribution is 14.1. The number of hydrogen-bond acceptors (Lipinski definition) is 11. The average molecular weight is 946 g/mol. The number of likely N-dealkylation sites (N-methyl/N-ethyl adjacent to an activating group) is 1. The second-order valence-corrected chi connectivity index (χ2v) is 19.1. The number of halogens is 1. The van der Waals surface area contributed by atoms with Crippen LogP contribution >= 0.6 is 22.6 Å². The van der Waals surface area contributed by atoms with Gasteiger partial charge in [-0.3, -0.25) is 24.0 Å². The first-order valence-electron chi connectivity index (χ1n) is 21.8. The van der Waals surface area contributed by atoms with Gasteiger partial charge in [0.25, 0.3) is 0 Å². The molecule has 2 bridgehead atoms. The first-order chi connectivity index (χ1) is 28.6. The molecule has 0 radical (unpaired) electrons. The zero-order valence-corrected chi connectivity index (χ0v) is 38.2. The largest absolute Gasteiger partial charge is 0.460 e. The second-order valence-electron chi connectivity index (χ2n) is 17.9. The Morgan fingerprint density at radius 2 is 1.63 bits per heavy atom. The van der Waals surface area contributed by atoms with Crippen molar-refractivity contribution in [3.63, 3.8) is 0 Å². The van der Waals surface area contributed by atoms with Gasteiger partial charge in [0.1, 0.15) is 41.5 Å². The number of aliphatic hydroxyl groups excluding tert-OH is 1. The zero-order chi connectivity index (χ0) is 43.2. The van der Waals surface area contributed by atoms with E-state index in [4.69, 9.17) is 23.8 Å². The molecule has 0 aromatic heterocycles. The number of benzene rings is 2. The number of carbonyl (C=O) groups is 4. The van der Waals surface area contributed by atoms with Gasteiger partial charge in [0, 0.05) is 42.7 Å². The fourth-order valence-electron chi connectivity index (χ4n) is 9.38. The molecule has 2 amide bonds. The minimum atomic E-state index is -1.50. The van der Waals surface area contributed by atoms with E-state index >= 15 is 4.79 Å². The van der Waals surface area contributed by atoms with Crippen molar-refractivity contribution in [2.24, 2.45) is 5.41 Å². The minimum absolute atomic E-state index is 0.0204. The summed E-state index contributed by atoms with van der Waals surface area (Å²) in [5.74, 6) is -2.89. The maximum absolute atomic E-state index is 15.7. The molecule has 3 saturated heterocycles. The SMILES string of the molecule is CCCCCC1(CCCCC)OC2C3CC4(C(=O)N(C)C(Cc5ccccc5)C(=O)NC(CO)CCC(=O)OC(C)(C)C)C(ON(Cc5ccccc5I)C4C(=O)O3)C2O1. The summed E-state index contributed by atoms with van der Waals surface area (Å²) in [6.45, 7) is 9.43. The van der Waals surface area contributed by atoms with Crippen molar-refractivity contribution in [1.29, 1.82) is 0 Å². The van der Waals surface area contributed by atoms with Gasteiger partial charge in [0.05, 0.1) is 19.2 Å². The van der Waals surface area contributed by atoms with Crippen LogP contribution in [0.5, 0.6) is 0 Å². The molecule has 0 spiro atoms. The Balaban J connectivity index is 1.36. The van der Waals surface area contributed by atoms with Gasteiger partial charge in [-0.25, -0.2) is 0 Å². The number of amides is 2. The summed E-state index contributed by atoms with van der Waals surface area (Å²) in [6, 6.07) is 14.2. The maximum atomic E-state index is 15.7. The number of hydrogen-bond donors (Lipinski definition) is 2. The highest BCUT2D eigenvalue weighted by Gasteiger charge is 2.76. The number of rotatable bonds is 20. The van der Waals surface area contributed by atoms with Crippen LogP contribution in [-0.2, 0) is 55.9 Å². The number of fused-ring (bicyclic) bond motifs is 4. The summed E-state index contributed by atoms with van der Waals surface area (Å²) in [5.41, 5.74) is -0.449. The van der Waals surface area contributed by atoms with E-state index in [0.717, 1.165) is 53.2 Å². The summed E-state index contributed by atoms with van der Waals surface area (Å²) in [6.07, 6.45) is 4.52. The summed E-state index contributed by atoms with van der Waals surface area (Å²) >= 11 is 2.26. The molecule has 13 nitrogen and oxygen atoms in total. The van der Waals surface area contributed by atoms with Crippen LogP contribution < -0.4 is 5.32 Å². The van der Waals surface area contributed by atoms with Gasteiger partial charge in [-0.1, -0.05) is 88.1 Å². The zero-order valence-electron chi connectivity index (χ0n) is 36.0. The van der Waals surface area contributed by atoms with Crippen LogP contribution in [-0.4, -0.2) is 106 Å². The Morgan fingerprint density at radius 1 is 0.983 bits per heavy atom. The van der Waals surface area contributed by atoms with Gasteiger partial charge >= 0.3 is 11.9 Å². The Hall–Kier alpha value is -3.15. The summed E-state index contributed by atoms with van der Waals surface area (Å²) in [5, 5.41) is 14.9. The molecule has 2 N–H and O–H groups in total. The first kappa shape index (κ1) is 46.4. The second kappa shape index (κ2) is 19.9. The van der Waals surface area contributed by atoms with Gasteiger partial charge in [-0.2, -0.15) is 5.06 Å². The van der Waals surface area contributed by atoms with Crippen LogP contribution in [0.3, 0.4) is 0 Å². The van der Waals surface area contributed by atoms with Crippen LogP contribution in [0.15, 0.2) is 54.6 Å². The molecule has 2 aromatic rings. The van der Waals surface area contributed by atoms with E-state index in [2.05, 4.69) is 41.8 Å². The summed E-state index contributed by atoms with van der Waals surface area (Å²) in [4.78, 5) is 65.6. The molecule has 8 unspecified atom stereocenters. The maximum Gasteiger partial charge on any atom is 0.327 e. The van der Waals surface area contributed by atoms with Gasteiger partial charge in [-0.15, -0.1) is 0 Å². The highest BCUT2D eigenvalue weighted by atomic mass is 127. The molecule has 6 rings (SSSR count). The normalized spacial score (nSPS) is 26.5. The van der Waals surface area contributed by atoms with Gasteiger partial charge in [0.15, 0.2) is 11.8 Å². The molecule has 4 aliphatic rings. The van der Waals surface area contributed by atoms with Crippen molar-refractivity contribution in [1.82, 2.24) is 15.3 Å². The number of nitrogens with zero attached hydrogens (tertiary/aromatic N) is 2. The van der Waals surface area contributed by atoms with Crippen LogP contribution in [0.4, 0.5) is 0 Å². The summed E-state index contributed by atoms with van der Waals surface area (Å²) < 4.78 is 26.7. The van der Waals surface area contributed by atoms with E-state index in [9.17, 15) is 19.5 Å². The number of nitrogens with one attached hydrogen (secondary N) is 1. The minimum Gasteiger partial charge on any atom is -0.460 e. The highest BCUT2D eigenvalue weighted by Crippen LogP contribution is 2.58. The monoisotopic (exact) mass is 945 g/mol. The Bertz CT molecular complexity index is 1800. The summed E-state index contributed by atoms with van der Waals surface area (Å²) in [7, 11) is 1.59. The molecule has 8 atom stereocenters. The van der Waals surface area contributed by atoms with Crippen LogP contribution in [0, 0.1) is 8.99 Å². The van der Waals surface area contributed by atoms with Crippen LogP contribution in [0.2, 0.25) is 0 Å². The predicted molar refractivity (Wildman–Crippen MR) is 232 cm³/mol. The number of aliphatic hydroxyl groups is 1. The molecule has 14 heteroatoms. The molecular weight excluding hydrogens is 881 g/mol. The van der Waals surface area contributed by atoms with E-state index in [1.54, 1.807) is 32.9 Å². The van der Waals surface area contributed by atoms with Crippen molar-refractivity contribution in [2.75, 3.05) is 13.7 Å². The molecule has 3 heterocycles. The topological polar surface area (TPSA) is 153 Å². The first-order valence-corrected chi connectivity index (χ1v) is 22.9. The lowest BCUT2D eigenvalue weighted by atomic mass is 9.62. The smallest absolute Gasteiger partial charge is 0.327 e. The van der Waals surface area contributed by atoms with Gasteiger partial charge < -0.3 is 34.3 Å². The lowest BCUT2D eigenvalue weighted by Gasteiger charge is -2.50. The quantitative estimate of drug-likeness (QED) is 0.0862. The van der Waals surface area contributed by atoms with E-state index in [1.807, 2.05) is 54.6 Å². The predicted octanol–water partition coefficient (Wildman–Crippen LogP) is 6.40. The van der Waals surface area contributed by atoms with Crippen LogP contribution in [0.1, 0.15) is 116 Å². The fraction of sp³-hybridized carbons (Fsp3) is 0.652. The third kappa shape index (κ3) is 10.2. The fourth-order valence-corrected chi connectivity index (χ4v) is 9.93. The molecule has 1 aliphatic carbocycles. The van der Waals surface area contributed by atoms with E-state index in [0.29, 0.717) is 12.8 Å². The number of unbranched alkanes of at least 4 members (excludes halogenated alkanes) is 4. The average Bonchev–Trinajstić information content (AvgIpc) is 3.77. The molecule has 330 valence electrons. The van der Waals surface area contributed by atoms with E-state index in [1.165, 1.54) is 4.90 Å². The van der Waals surface area contributed by atoms with Gasteiger partial charge in [0.2, 0.25) is 11.8 Å². The van der Waals surface area contributed by atoms with Crippen molar-refractivity contribution in [2.45, 2.75) is 172 Å². The molecule has 60 heavy (non-hydrogen) atoms. The van der Waals surface area contributed by atoms with E-state index < -0.39 is 89.7 Å². The molecular formula is C46H64IN3O10. The number of hydroxylamine groups is 2.